The first-order valence-corrected chi connectivity index (χ1v) is 4.33. The van der Waals surface area contributed by atoms with Crippen LogP contribution in [0.4, 0.5) is 0 Å². The lowest BCUT2D eigenvalue weighted by molar-refractivity contribution is 0.0759. The first kappa shape index (κ1) is 10.1. The molecule has 0 amide bonds. The fourth-order valence-corrected chi connectivity index (χ4v) is 1.24. The Morgan fingerprint density at radius 1 is 1.54 bits per heavy atom. The van der Waals surface area contributed by atoms with Crippen molar-refractivity contribution in [2.75, 3.05) is 7.11 Å². The zero-order valence-electron chi connectivity index (χ0n) is 7.97. The van der Waals surface area contributed by atoms with Crippen molar-refractivity contribution < 1.29 is 4.74 Å². The summed E-state index contributed by atoms with van der Waals surface area (Å²) >= 11 is 0. The largest absolute Gasteiger partial charge is 0.379 e. The molecule has 0 fully saturated rings. The molecule has 1 rings (SSSR count). The Labute approximate surface area is 78.1 Å². The lowest BCUT2D eigenvalue weighted by Crippen LogP contribution is -2.28. The predicted octanol–water partition coefficient (Wildman–Crippen LogP) is 0.901. The maximum atomic E-state index is 5.93. The summed E-state index contributed by atoms with van der Waals surface area (Å²) < 4.78 is 5.22. The van der Waals surface area contributed by atoms with Gasteiger partial charge in [0, 0.05) is 19.5 Å². The van der Waals surface area contributed by atoms with Crippen LogP contribution in [0.25, 0.3) is 0 Å². The number of aromatic nitrogens is 2. The Morgan fingerprint density at radius 3 is 2.77 bits per heavy atom. The van der Waals surface area contributed by atoms with Crippen LogP contribution < -0.4 is 5.73 Å². The Kier molecular flexibility index (Phi) is 3.79. The molecule has 0 aliphatic carbocycles. The Bertz CT molecular complexity index is 236. The van der Waals surface area contributed by atoms with E-state index >= 15 is 0 Å². The van der Waals surface area contributed by atoms with Gasteiger partial charge in [-0.25, -0.2) is 0 Å². The summed E-state index contributed by atoms with van der Waals surface area (Å²) in [7, 11) is 1.66. The van der Waals surface area contributed by atoms with Gasteiger partial charge in [0.25, 0.3) is 0 Å². The molecule has 0 aliphatic heterocycles. The molecule has 1 aromatic heterocycles. The predicted molar refractivity (Wildman–Crippen MR) is 50.0 cm³/mol. The van der Waals surface area contributed by atoms with Gasteiger partial charge in [-0.05, 0) is 6.42 Å². The minimum atomic E-state index is -0.191. The molecule has 1 heterocycles. The van der Waals surface area contributed by atoms with Crippen molar-refractivity contribution in [3.63, 3.8) is 0 Å². The third kappa shape index (κ3) is 2.47. The van der Waals surface area contributed by atoms with Gasteiger partial charge < -0.3 is 10.5 Å². The topological polar surface area (TPSA) is 61.0 Å². The number of nitrogens with zero attached hydrogens (tertiary/aromatic N) is 2. The molecule has 0 saturated carbocycles. The van der Waals surface area contributed by atoms with Crippen molar-refractivity contribution in [2.45, 2.75) is 25.5 Å². The van der Waals surface area contributed by atoms with Crippen LogP contribution in [0.3, 0.4) is 0 Å². The smallest absolute Gasteiger partial charge is 0.0780 e. The molecule has 2 unspecified atom stereocenters. The minimum absolute atomic E-state index is 0.0108. The minimum Gasteiger partial charge on any atom is -0.379 e. The molecule has 2 N–H and O–H groups in total. The molecule has 0 radical (unpaired) electrons. The highest BCUT2D eigenvalue weighted by Gasteiger charge is 2.17. The second-order valence-electron chi connectivity index (χ2n) is 2.84. The summed E-state index contributed by atoms with van der Waals surface area (Å²) in [5.41, 5.74) is 6.71. The van der Waals surface area contributed by atoms with E-state index in [4.69, 9.17) is 10.5 Å². The number of rotatable bonds is 4. The molecule has 0 bridgehead atoms. The monoisotopic (exact) mass is 181 g/mol. The van der Waals surface area contributed by atoms with Crippen molar-refractivity contribution in [1.82, 2.24) is 9.97 Å². The standard InChI is InChI=1S/C9H15N3O/c1-3-8(13-2)9(10)7-6-11-4-5-12-7/h4-6,8-9H,3,10H2,1-2H3. The van der Waals surface area contributed by atoms with Gasteiger partial charge in [-0.1, -0.05) is 6.92 Å². The van der Waals surface area contributed by atoms with Gasteiger partial charge in [-0.3, -0.25) is 9.97 Å². The van der Waals surface area contributed by atoms with Crippen LogP contribution in [-0.4, -0.2) is 23.2 Å². The first-order valence-electron chi connectivity index (χ1n) is 4.33. The van der Waals surface area contributed by atoms with Gasteiger partial charge in [0.1, 0.15) is 0 Å². The van der Waals surface area contributed by atoms with Crippen molar-refractivity contribution in [1.29, 1.82) is 0 Å². The highest BCUT2D eigenvalue weighted by Crippen LogP contribution is 2.14. The number of hydrogen-bond acceptors (Lipinski definition) is 4. The molecular formula is C9H15N3O. The number of nitrogens with two attached hydrogens (primary N) is 1. The molecular weight excluding hydrogens is 166 g/mol. The second kappa shape index (κ2) is 4.89. The van der Waals surface area contributed by atoms with E-state index in [1.165, 1.54) is 0 Å². The highest BCUT2D eigenvalue weighted by molar-refractivity contribution is 5.03. The number of hydrogen-bond donors (Lipinski definition) is 1. The summed E-state index contributed by atoms with van der Waals surface area (Å²) in [6.07, 6.45) is 5.82. The lowest BCUT2D eigenvalue weighted by Gasteiger charge is -2.19. The van der Waals surface area contributed by atoms with E-state index in [1.807, 2.05) is 6.92 Å². The van der Waals surface area contributed by atoms with Crippen molar-refractivity contribution >= 4 is 0 Å². The maximum Gasteiger partial charge on any atom is 0.0780 e. The summed E-state index contributed by atoms with van der Waals surface area (Å²) in [6.45, 7) is 2.03. The quantitative estimate of drug-likeness (QED) is 0.749. The van der Waals surface area contributed by atoms with Crippen LogP contribution in [0.5, 0.6) is 0 Å². The Morgan fingerprint density at radius 2 is 2.31 bits per heavy atom. The van der Waals surface area contributed by atoms with Gasteiger partial charge in [0.15, 0.2) is 0 Å². The summed E-state index contributed by atoms with van der Waals surface area (Å²) in [6, 6.07) is -0.191. The first-order chi connectivity index (χ1) is 6.29. The van der Waals surface area contributed by atoms with Gasteiger partial charge in [0.05, 0.1) is 24.0 Å². The van der Waals surface area contributed by atoms with Crippen LogP contribution in [0, 0.1) is 0 Å². The fourth-order valence-electron chi connectivity index (χ4n) is 1.24. The average Bonchev–Trinajstić information content (AvgIpc) is 2.21. The van der Waals surface area contributed by atoms with E-state index in [-0.39, 0.29) is 12.1 Å². The maximum absolute atomic E-state index is 5.93. The second-order valence-corrected chi connectivity index (χ2v) is 2.84. The normalized spacial score (nSPS) is 15.3. The van der Waals surface area contributed by atoms with Gasteiger partial charge >= 0.3 is 0 Å². The summed E-state index contributed by atoms with van der Waals surface area (Å²) in [5.74, 6) is 0. The van der Waals surface area contributed by atoms with E-state index in [0.717, 1.165) is 12.1 Å². The van der Waals surface area contributed by atoms with Crippen LogP contribution >= 0.6 is 0 Å². The molecule has 13 heavy (non-hydrogen) atoms. The Balaban J connectivity index is 2.72. The summed E-state index contributed by atoms with van der Waals surface area (Å²) in [5, 5.41) is 0. The number of methoxy groups -OCH3 is 1. The SMILES string of the molecule is CCC(OC)C(N)c1cnccn1. The highest BCUT2D eigenvalue weighted by atomic mass is 16.5. The van der Waals surface area contributed by atoms with E-state index in [2.05, 4.69) is 9.97 Å². The average molecular weight is 181 g/mol. The van der Waals surface area contributed by atoms with E-state index in [1.54, 1.807) is 25.7 Å². The molecule has 1 aromatic rings. The van der Waals surface area contributed by atoms with Crippen LogP contribution in [-0.2, 0) is 4.74 Å². The molecule has 4 nitrogen and oxygen atoms in total. The van der Waals surface area contributed by atoms with Crippen molar-refractivity contribution in [3.05, 3.63) is 24.3 Å². The van der Waals surface area contributed by atoms with Gasteiger partial charge in [-0.2, -0.15) is 0 Å². The zero-order valence-corrected chi connectivity index (χ0v) is 7.97. The van der Waals surface area contributed by atoms with Gasteiger partial charge in [-0.15, -0.1) is 0 Å². The zero-order chi connectivity index (χ0) is 9.68. The molecule has 0 saturated heterocycles. The molecule has 2 atom stereocenters. The van der Waals surface area contributed by atoms with Crippen LogP contribution in [0.2, 0.25) is 0 Å². The lowest BCUT2D eigenvalue weighted by atomic mass is 10.1. The van der Waals surface area contributed by atoms with Gasteiger partial charge in [0.2, 0.25) is 0 Å². The molecule has 4 heteroatoms. The number of ether oxygens (including phenoxy) is 1. The van der Waals surface area contributed by atoms with E-state index < -0.39 is 0 Å². The third-order valence-electron chi connectivity index (χ3n) is 2.03. The molecule has 0 aliphatic rings. The molecule has 0 spiro atoms. The van der Waals surface area contributed by atoms with Crippen molar-refractivity contribution in [2.24, 2.45) is 5.73 Å². The van der Waals surface area contributed by atoms with Crippen LogP contribution in [0.1, 0.15) is 25.1 Å². The van der Waals surface area contributed by atoms with Crippen molar-refractivity contribution in [3.8, 4) is 0 Å². The van der Waals surface area contributed by atoms with Crippen LogP contribution in [0.15, 0.2) is 18.6 Å². The molecule has 0 aromatic carbocycles. The third-order valence-corrected chi connectivity index (χ3v) is 2.03. The molecule has 72 valence electrons. The Hall–Kier alpha value is -1.00. The summed E-state index contributed by atoms with van der Waals surface area (Å²) in [4.78, 5) is 8.09. The van der Waals surface area contributed by atoms with E-state index in [0.29, 0.717) is 0 Å². The van der Waals surface area contributed by atoms with E-state index in [9.17, 15) is 0 Å². The fraction of sp³-hybridized carbons (Fsp3) is 0.556.